The average Bonchev–Trinajstić information content (AvgIpc) is 3.23. The molecule has 20 heavy (non-hydrogen) atoms. The van der Waals surface area contributed by atoms with Crippen molar-refractivity contribution in [2.45, 2.75) is 25.3 Å². The molecule has 3 nitrogen and oxygen atoms in total. The number of nitrogens with zero attached hydrogens (tertiary/aromatic N) is 1. The Morgan fingerprint density at radius 1 is 1.10 bits per heavy atom. The molecule has 2 N–H and O–H groups in total. The number of H-pyrrole nitrogens is 1. The molecule has 3 heteroatoms. The summed E-state index contributed by atoms with van der Waals surface area (Å²) in [6.45, 7) is 0.843. The first-order chi connectivity index (χ1) is 9.90. The molecule has 1 aliphatic rings. The van der Waals surface area contributed by atoms with E-state index in [-0.39, 0.29) is 0 Å². The lowest BCUT2D eigenvalue weighted by Crippen LogP contribution is -1.99. The molecule has 0 atom stereocenters. The first kappa shape index (κ1) is 11.5. The molecule has 2 aromatic carbocycles. The predicted molar refractivity (Wildman–Crippen MR) is 81.8 cm³/mol. The highest BCUT2D eigenvalue weighted by atomic mass is 15.1. The van der Waals surface area contributed by atoms with Gasteiger partial charge in [0.05, 0.1) is 11.7 Å². The quantitative estimate of drug-likeness (QED) is 0.745. The number of benzene rings is 2. The summed E-state index contributed by atoms with van der Waals surface area (Å²) in [6, 6.07) is 15.2. The van der Waals surface area contributed by atoms with Crippen molar-refractivity contribution in [3.05, 3.63) is 59.8 Å². The molecule has 0 aliphatic heterocycles. The Kier molecular flexibility index (Phi) is 2.69. The molecule has 0 radical (unpaired) electrons. The van der Waals surface area contributed by atoms with Gasteiger partial charge in [-0.1, -0.05) is 30.3 Å². The maximum atomic E-state index is 4.09. The predicted octanol–water partition coefficient (Wildman–Crippen LogP) is 4.05. The van der Waals surface area contributed by atoms with Crippen LogP contribution >= 0.6 is 0 Å². The van der Waals surface area contributed by atoms with E-state index >= 15 is 0 Å². The molecule has 1 heterocycles. The van der Waals surface area contributed by atoms with Crippen molar-refractivity contribution >= 4 is 16.6 Å². The van der Waals surface area contributed by atoms with Crippen molar-refractivity contribution in [3.8, 4) is 0 Å². The molecule has 1 saturated carbocycles. The lowest BCUT2D eigenvalue weighted by atomic mass is 10.1. The lowest BCUT2D eigenvalue weighted by Gasteiger charge is -2.08. The van der Waals surface area contributed by atoms with Crippen LogP contribution in [-0.4, -0.2) is 10.2 Å². The number of anilines is 1. The van der Waals surface area contributed by atoms with Crippen LogP contribution in [0.15, 0.2) is 48.7 Å². The molecule has 3 aromatic rings. The van der Waals surface area contributed by atoms with Crippen molar-refractivity contribution in [2.24, 2.45) is 0 Å². The fourth-order valence-corrected chi connectivity index (χ4v) is 2.64. The van der Waals surface area contributed by atoms with Crippen LogP contribution in [0.4, 0.5) is 5.69 Å². The minimum absolute atomic E-state index is 0.830. The first-order valence-corrected chi connectivity index (χ1v) is 7.15. The van der Waals surface area contributed by atoms with Gasteiger partial charge in [-0.05, 0) is 42.0 Å². The Labute approximate surface area is 118 Å². The van der Waals surface area contributed by atoms with Gasteiger partial charge in [-0.2, -0.15) is 5.10 Å². The van der Waals surface area contributed by atoms with E-state index in [1.807, 2.05) is 18.3 Å². The van der Waals surface area contributed by atoms with Gasteiger partial charge in [0, 0.05) is 17.6 Å². The van der Waals surface area contributed by atoms with Gasteiger partial charge in [-0.15, -0.1) is 0 Å². The molecule has 0 unspecified atom stereocenters. The van der Waals surface area contributed by atoms with Crippen molar-refractivity contribution in [3.63, 3.8) is 0 Å². The largest absolute Gasteiger partial charge is 0.380 e. The minimum atomic E-state index is 0.830. The molecule has 100 valence electrons. The Balaban J connectivity index is 1.50. The second-order valence-corrected chi connectivity index (χ2v) is 5.51. The Hall–Kier alpha value is -2.29. The van der Waals surface area contributed by atoms with Crippen molar-refractivity contribution in [2.75, 3.05) is 5.32 Å². The molecule has 0 bridgehead atoms. The summed E-state index contributed by atoms with van der Waals surface area (Å²) in [5.74, 6) is 0.830. The van der Waals surface area contributed by atoms with Gasteiger partial charge >= 0.3 is 0 Å². The van der Waals surface area contributed by atoms with E-state index in [0.717, 1.165) is 29.1 Å². The third-order valence-corrected chi connectivity index (χ3v) is 4.00. The number of rotatable bonds is 4. The number of nitrogens with one attached hydrogen (secondary N) is 2. The van der Waals surface area contributed by atoms with Crippen LogP contribution in [0.2, 0.25) is 0 Å². The highest BCUT2D eigenvalue weighted by Gasteiger charge is 2.22. The second-order valence-electron chi connectivity index (χ2n) is 5.51. The van der Waals surface area contributed by atoms with Crippen LogP contribution in [0.5, 0.6) is 0 Å². The van der Waals surface area contributed by atoms with Gasteiger partial charge in [-0.25, -0.2) is 0 Å². The van der Waals surface area contributed by atoms with Crippen LogP contribution in [0.1, 0.15) is 29.9 Å². The Morgan fingerprint density at radius 2 is 1.95 bits per heavy atom. The molecule has 0 saturated heterocycles. The van der Waals surface area contributed by atoms with Gasteiger partial charge in [0.2, 0.25) is 0 Å². The monoisotopic (exact) mass is 263 g/mol. The van der Waals surface area contributed by atoms with Gasteiger partial charge in [0.1, 0.15) is 0 Å². The van der Waals surface area contributed by atoms with E-state index in [1.165, 1.54) is 24.0 Å². The summed E-state index contributed by atoms with van der Waals surface area (Å²) in [5.41, 5.74) is 5.00. The molecule has 0 spiro atoms. The molecule has 4 rings (SSSR count). The smallest absolute Gasteiger partial charge is 0.0671 e. The van der Waals surface area contributed by atoms with Gasteiger partial charge in [-0.3, -0.25) is 5.10 Å². The Bertz CT molecular complexity index is 723. The molecule has 1 fully saturated rings. The van der Waals surface area contributed by atoms with E-state index in [4.69, 9.17) is 0 Å². The number of aromatic nitrogens is 2. The molecule has 1 aliphatic carbocycles. The summed E-state index contributed by atoms with van der Waals surface area (Å²) in [6.07, 6.45) is 4.59. The Morgan fingerprint density at radius 3 is 2.75 bits per heavy atom. The highest BCUT2D eigenvalue weighted by Crippen LogP contribution is 2.39. The average molecular weight is 263 g/mol. The van der Waals surface area contributed by atoms with Crippen LogP contribution < -0.4 is 5.32 Å². The van der Waals surface area contributed by atoms with E-state index in [2.05, 4.69) is 45.8 Å². The van der Waals surface area contributed by atoms with E-state index in [9.17, 15) is 0 Å². The summed E-state index contributed by atoms with van der Waals surface area (Å²) in [4.78, 5) is 0. The fourth-order valence-electron chi connectivity index (χ4n) is 2.64. The van der Waals surface area contributed by atoms with Gasteiger partial charge in [0.25, 0.3) is 0 Å². The zero-order valence-corrected chi connectivity index (χ0v) is 11.3. The SMILES string of the molecule is c1cc(NCc2ccc(C3CC3)cc2)c2cn[nH]c2c1. The number of aromatic amines is 1. The summed E-state index contributed by atoms with van der Waals surface area (Å²) in [7, 11) is 0. The van der Waals surface area contributed by atoms with E-state index in [0.29, 0.717) is 0 Å². The van der Waals surface area contributed by atoms with Crippen LogP contribution in [0.25, 0.3) is 10.9 Å². The fraction of sp³-hybridized carbons (Fsp3) is 0.235. The normalized spacial score (nSPS) is 14.6. The summed E-state index contributed by atoms with van der Waals surface area (Å²) in [5, 5.41) is 11.7. The van der Waals surface area contributed by atoms with Crippen LogP contribution in [0.3, 0.4) is 0 Å². The molecule has 1 aromatic heterocycles. The number of hydrogen-bond acceptors (Lipinski definition) is 2. The van der Waals surface area contributed by atoms with E-state index < -0.39 is 0 Å². The van der Waals surface area contributed by atoms with Crippen molar-refractivity contribution in [1.82, 2.24) is 10.2 Å². The standard InChI is InChI=1S/C17H17N3/c1-2-16(15-11-19-20-17(15)3-1)18-10-12-4-6-13(7-5-12)14-8-9-14/h1-7,11,14,18H,8-10H2,(H,19,20). The third kappa shape index (κ3) is 2.16. The summed E-state index contributed by atoms with van der Waals surface area (Å²) < 4.78 is 0. The second kappa shape index (κ2) is 4.67. The molecular formula is C17H17N3. The summed E-state index contributed by atoms with van der Waals surface area (Å²) >= 11 is 0. The third-order valence-electron chi connectivity index (χ3n) is 4.00. The first-order valence-electron chi connectivity index (χ1n) is 7.15. The van der Waals surface area contributed by atoms with Gasteiger partial charge < -0.3 is 5.32 Å². The zero-order chi connectivity index (χ0) is 13.4. The van der Waals surface area contributed by atoms with Crippen molar-refractivity contribution in [1.29, 1.82) is 0 Å². The van der Waals surface area contributed by atoms with Crippen LogP contribution in [-0.2, 0) is 6.54 Å². The van der Waals surface area contributed by atoms with E-state index in [1.54, 1.807) is 0 Å². The minimum Gasteiger partial charge on any atom is -0.380 e. The lowest BCUT2D eigenvalue weighted by molar-refractivity contribution is 1.10. The highest BCUT2D eigenvalue weighted by molar-refractivity contribution is 5.90. The maximum absolute atomic E-state index is 4.09. The number of hydrogen-bond donors (Lipinski definition) is 2. The van der Waals surface area contributed by atoms with Crippen molar-refractivity contribution < 1.29 is 0 Å². The topological polar surface area (TPSA) is 40.7 Å². The molecule has 0 amide bonds. The van der Waals surface area contributed by atoms with Crippen LogP contribution in [0, 0.1) is 0 Å². The van der Waals surface area contributed by atoms with Gasteiger partial charge in [0.15, 0.2) is 0 Å². The molecular weight excluding hydrogens is 246 g/mol. The zero-order valence-electron chi connectivity index (χ0n) is 11.3. The number of fused-ring (bicyclic) bond motifs is 1. The maximum Gasteiger partial charge on any atom is 0.0671 e.